The molecule has 0 aliphatic rings. The summed E-state index contributed by atoms with van der Waals surface area (Å²) in [6.45, 7) is 3.87. The van der Waals surface area contributed by atoms with Gasteiger partial charge in [-0.05, 0) is 36.3 Å². The zero-order valence-corrected chi connectivity index (χ0v) is 11.6. The van der Waals surface area contributed by atoms with Crippen LogP contribution in [0.25, 0.3) is 0 Å². The Morgan fingerprint density at radius 2 is 2.05 bits per heavy atom. The average Bonchev–Trinajstić information content (AvgIpc) is 2.27. The van der Waals surface area contributed by atoms with Crippen LogP contribution in [-0.2, 0) is 4.79 Å². The Labute approximate surface area is 117 Å². The minimum Gasteiger partial charge on any atom is -0.478 e. The molecular formula is C13H16N2O3S. The number of hydrogen-bond acceptors (Lipinski definition) is 3. The van der Waals surface area contributed by atoms with Crippen molar-refractivity contribution < 1.29 is 14.7 Å². The molecule has 0 unspecified atom stereocenters. The molecule has 6 heteroatoms. The summed E-state index contributed by atoms with van der Waals surface area (Å²) in [7, 11) is 0. The lowest BCUT2D eigenvalue weighted by Crippen LogP contribution is -2.34. The fraction of sp³-hybridized carbons (Fsp3) is 0.308. The molecule has 0 saturated heterocycles. The molecule has 0 aliphatic heterocycles. The number of carbonyl (C=O) groups is 2. The first-order valence-corrected chi connectivity index (χ1v) is 6.23. The molecule has 1 aromatic rings. The Hall–Kier alpha value is -1.95. The normalized spacial score (nSPS) is 10.1. The zero-order chi connectivity index (χ0) is 14.4. The van der Waals surface area contributed by atoms with E-state index in [-0.39, 0.29) is 22.5 Å². The van der Waals surface area contributed by atoms with Crippen LogP contribution in [-0.4, -0.2) is 22.1 Å². The third kappa shape index (κ3) is 5.48. The molecule has 3 N–H and O–H groups in total. The summed E-state index contributed by atoms with van der Waals surface area (Å²) in [6, 6.07) is 6.20. The number of benzene rings is 1. The number of rotatable bonds is 4. The second-order valence-corrected chi connectivity index (χ2v) is 4.89. The molecule has 1 aromatic carbocycles. The lowest BCUT2D eigenvalue weighted by molar-refractivity contribution is -0.120. The summed E-state index contributed by atoms with van der Waals surface area (Å²) >= 11 is 4.98. The second kappa shape index (κ2) is 6.84. The van der Waals surface area contributed by atoms with E-state index in [0.29, 0.717) is 12.1 Å². The summed E-state index contributed by atoms with van der Waals surface area (Å²) in [5, 5.41) is 14.3. The Bertz CT molecular complexity index is 500. The number of carbonyl (C=O) groups excluding carboxylic acids is 1. The minimum absolute atomic E-state index is 0.154. The Morgan fingerprint density at radius 1 is 1.37 bits per heavy atom. The minimum atomic E-state index is -1.02. The highest BCUT2D eigenvalue weighted by Crippen LogP contribution is 2.10. The number of anilines is 1. The van der Waals surface area contributed by atoms with E-state index in [2.05, 4.69) is 10.6 Å². The van der Waals surface area contributed by atoms with Crippen molar-refractivity contribution in [2.24, 2.45) is 5.92 Å². The molecule has 1 rings (SSSR count). The molecular weight excluding hydrogens is 264 g/mol. The van der Waals surface area contributed by atoms with Crippen LogP contribution < -0.4 is 10.6 Å². The maximum atomic E-state index is 11.5. The van der Waals surface area contributed by atoms with E-state index in [1.807, 2.05) is 13.8 Å². The van der Waals surface area contributed by atoms with Crippen LogP contribution in [0, 0.1) is 5.92 Å². The van der Waals surface area contributed by atoms with E-state index in [1.165, 1.54) is 12.1 Å². The molecule has 0 bridgehead atoms. The fourth-order valence-electron chi connectivity index (χ4n) is 1.44. The molecule has 0 fully saturated rings. The highest BCUT2D eigenvalue weighted by atomic mass is 32.1. The van der Waals surface area contributed by atoms with Crippen LogP contribution in [0.4, 0.5) is 5.69 Å². The predicted molar refractivity (Wildman–Crippen MR) is 77.2 cm³/mol. The molecule has 0 radical (unpaired) electrons. The van der Waals surface area contributed by atoms with Crippen molar-refractivity contribution in [3.05, 3.63) is 29.8 Å². The Kier molecular flexibility index (Phi) is 5.44. The summed E-state index contributed by atoms with van der Waals surface area (Å²) in [5.41, 5.74) is 0.677. The van der Waals surface area contributed by atoms with Crippen LogP contribution in [0.15, 0.2) is 24.3 Å². The fourth-order valence-corrected chi connectivity index (χ4v) is 1.67. The van der Waals surface area contributed by atoms with Gasteiger partial charge in [0, 0.05) is 12.1 Å². The third-order valence-corrected chi connectivity index (χ3v) is 2.42. The van der Waals surface area contributed by atoms with Gasteiger partial charge in [-0.1, -0.05) is 19.9 Å². The van der Waals surface area contributed by atoms with Gasteiger partial charge in [0.15, 0.2) is 5.11 Å². The first-order valence-electron chi connectivity index (χ1n) is 5.82. The van der Waals surface area contributed by atoms with Crippen molar-refractivity contribution in [2.45, 2.75) is 20.3 Å². The van der Waals surface area contributed by atoms with E-state index in [0.717, 1.165) is 0 Å². The Balaban J connectivity index is 2.59. The van der Waals surface area contributed by atoms with E-state index in [1.54, 1.807) is 12.1 Å². The van der Waals surface area contributed by atoms with Gasteiger partial charge < -0.3 is 15.7 Å². The average molecular weight is 280 g/mol. The van der Waals surface area contributed by atoms with Gasteiger partial charge in [-0.15, -0.1) is 0 Å². The van der Waals surface area contributed by atoms with Crippen molar-refractivity contribution in [3.8, 4) is 0 Å². The van der Waals surface area contributed by atoms with Crippen LogP contribution in [0.3, 0.4) is 0 Å². The van der Waals surface area contributed by atoms with Gasteiger partial charge in [0.25, 0.3) is 0 Å². The van der Waals surface area contributed by atoms with Gasteiger partial charge in [0.2, 0.25) is 5.91 Å². The number of carboxylic acid groups (broad SMARTS) is 1. The van der Waals surface area contributed by atoms with Crippen molar-refractivity contribution >= 4 is 34.9 Å². The van der Waals surface area contributed by atoms with Crippen LogP contribution in [0.5, 0.6) is 0 Å². The lowest BCUT2D eigenvalue weighted by Gasteiger charge is -2.10. The van der Waals surface area contributed by atoms with Gasteiger partial charge in [-0.2, -0.15) is 0 Å². The SMILES string of the molecule is CC(C)CC(=O)NC(=S)Nc1cccc(C(=O)O)c1. The molecule has 0 saturated carbocycles. The third-order valence-electron chi connectivity index (χ3n) is 2.21. The van der Waals surface area contributed by atoms with Crippen molar-refractivity contribution in [1.82, 2.24) is 5.32 Å². The molecule has 0 aromatic heterocycles. The molecule has 0 atom stereocenters. The zero-order valence-electron chi connectivity index (χ0n) is 10.8. The maximum Gasteiger partial charge on any atom is 0.335 e. The molecule has 5 nitrogen and oxygen atoms in total. The largest absolute Gasteiger partial charge is 0.478 e. The van der Waals surface area contributed by atoms with Crippen LogP contribution in [0.2, 0.25) is 0 Å². The number of amides is 1. The lowest BCUT2D eigenvalue weighted by atomic mass is 10.1. The quantitative estimate of drug-likeness (QED) is 0.737. The van der Waals surface area contributed by atoms with Gasteiger partial charge in [0.05, 0.1) is 5.56 Å². The number of hydrogen-bond donors (Lipinski definition) is 3. The number of nitrogens with one attached hydrogen (secondary N) is 2. The summed E-state index contributed by atoms with van der Waals surface area (Å²) < 4.78 is 0. The molecule has 1 amide bonds. The molecule has 0 spiro atoms. The monoisotopic (exact) mass is 280 g/mol. The summed E-state index contributed by atoms with van der Waals surface area (Å²) in [6.07, 6.45) is 0.386. The van der Waals surface area contributed by atoms with Gasteiger partial charge in [-0.3, -0.25) is 4.79 Å². The first kappa shape index (κ1) is 15.1. The second-order valence-electron chi connectivity index (χ2n) is 4.49. The van der Waals surface area contributed by atoms with Gasteiger partial charge >= 0.3 is 5.97 Å². The number of carboxylic acids is 1. The van der Waals surface area contributed by atoms with Gasteiger partial charge in [-0.25, -0.2) is 4.79 Å². The maximum absolute atomic E-state index is 11.5. The number of thiocarbonyl (C=S) groups is 1. The van der Waals surface area contributed by atoms with E-state index >= 15 is 0 Å². The van der Waals surface area contributed by atoms with Gasteiger partial charge in [0.1, 0.15) is 0 Å². The van der Waals surface area contributed by atoms with Crippen molar-refractivity contribution in [2.75, 3.05) is 5.32 Å². The first-order chi connectivity index (χ1) is 8.88. The molecule has 0 aliphatic carbocycles. The van der Waals surface area contributed by atoms with Crippen LogP contribution >= 0.6 is 12.2 Å². The highest BCUT2D eigenvalue weighted by molar-refractivity contribution is 7.80. The summed E-state index contributed by atoms with van der Waals surface area (Å²) in [5.74, 6) is -0.932. The number of aromatic carboxylic acids is 1. The van der Waals surface area contributed by atoms with E-state index in [4.69, 9.17) is 17.3 Å². The Morgan fingerprint density at radius 3 is 2.63 bits per heavy atom. The molecule has 0 heterocycles. The smallest absolute Gasteiger partial charge is 0.335 e. The van der Waals surface area contributed by atoms with Crippen molar-refractivity contribution in [3.63, 3.8) is 0 Å². The van der Waals surface area contributed by atoms with Crippen LogP contribution in [0.1, 0.15) is 30.6 Å². The molecule has 102 valence electrons. The highest BCUT2D eigenvalue weighted by Gasteiger charge is 2.08. The predicted octanol–water partition coefficient (Wildman–Crippen LogP) is 2.24. The summed E-state index contributed by atoms with van der Waals surface area (Å²) in [4.78, 5) is 22.3. The molecule has 19 heavy (non-hydrogen) atoms. The van der Waals surface area contributed by atoms with E-state index < -0.39 is 5.97 Å². The van der Waals surface area contributed by atoms with E-state index in [9.17, 15) is 9.59 Å². The van der Waals surface area contributed by atoms with Crippen molar-refractivity contribution in [1.29, 1.82) is 0 Å². The topological polar surface area (TPSA) is 78.4 Å². The standard InChI is InChI=1S/C13H16N2O3S/c1-8(2)6-11(16)15-13(19)14-10-5-3-4-9(7-10)12(17)18/h3-5,7-8H,6H2,1-2H3,(H,17,18)(H2,14,15,16,19).